The van der Waals surface area contributed by atoms with Gasteiger partial charge in [0.1, 0.15) is 6.10 Å². The minimum Gasteiger partial charge on any atom is -0.390 e. The second-order valence-corrected chi connectivity index (χ2v) is 4.27. The zero-order valence-electron chi connectivity index (χ0n) is 10.6. The van der Waals surface area contributed by atoms with Gasteiger partial charge in [0.25, 0.3) is 0 Å². The van der Waals surface area contributed by atoms with Crippen molar-refractivity contribution >= 4 is 0 Å². The Morgan fingerprint density at radius 1 is 1.06 bits per heavy atom. The van der Waals surface area contributed by atoms with E-state index in [0.717, 1.165) is 5.56 Å². The summed E-state index contributed by atoms with van der Waals surface area (Å²) in [5.41, 5.74) is 0.977. The first kappa shape index (κ1) is 14.7. The molecule has 0 aromatic heterocycles. The number of hydrogen-bond donors (Lipinski definition) is 3. The van der Waals surface area contributed by atoms with E-state index in [2.05, 4.69) is 11.8 Å². The molecule has 0 aliphatic heterocycles. The summed E-state index contributed by atoms with van der Waals surface area (Å²) in [4.78, 5) is 0. The molecule has 0 saturated heterocycles. The molecule has 0 aliphatic rings. The van der Waals surface area contributed by atoms with Crippen molar-refractivity contribution in [1.29, 1.82) is 0 Å². The summed E-state index contributed by atoms with van der Waals surface area (Å²) in [5.74, 6) is 5.31. The first-order chi connectivity index (χ1) is 8.63. The zero-order valence-corrected chi connectivity index (χ0v) is 10.6. The average Bonchev–Trinajstić information content (AvgIpc) is 2.39. The standard InChI is InChI=1S/C15H20O3/c1-2-13(16)9-6-10-14(17)15(18)11-12-7-4-3-5-8-12/h3-5,7-8,13-18H,2,10-11H2,1H3/t13-,14+,15+/m0/s1. The van der Waals surface area contributed by atoms with Gasteiger partial charge in [0.2, 0.25) is 0 Å². The minimum absolute atomic E-state index is 0.172. The Bertz CT molecular complexity index is 391. The largest absolute Gasteiger partial charge is 0.390 e. The number of hydrogen-bond acceptors (Lipinski definition) is 3. The van der Waals surface area contributed by atoms with Crippen molar-refractivity contribution < 1.29 is 15.3 Å². The molecule has 1 aromatic rings. The third-order valence-corrected chi connectivity index (χ3v) is 2.70. The van der Waals surface area contributed by atoms with Crippen LogP contribution in [0, 0.1) is 11.8 Å². The van der Waals surface area contributed by atoms with Gasteiger partial charge in [-0.25, -0.2) is 0 Å². The molecular weight excluding hydrogens is 228 g/mol. The molecule has 0 amide bonds. The van der Waals surface area contributed by atoms with Crippen LogP contribution < -0.4 is 0 Å². The maximum absolute atomic E-state index is 9.81. The predicted octanol–water partition coefficient (Wildman–Crippen LogP) is 1.12. The number of benzene rings is 1. The topological polar surface area (TPSA) is 60.7 Å². The fourth-order valence-corrected chi connectivity index (χ4v) is 1.51. The van der Waals surface area contributed by atoms with Crippen LogP contribution in [0.1, 0.15) is 25.3 Å². The van der Waals surface area contributed by atoms with E-state index in [1.807, 2.05) is 37.3 Å². The van der Waals surface area contributed by atoms with Crippen LogP contribution in [0.4, 0.5) is 0 Å². The SMILES string of the molecule is CC[C@H](O)C#CC[C@@H](O)[C@H](O)Cc1ccccc1. The van der Waals surface area contributed by atoms with E-state index < -0.39 is 18.3 Å². The van der Waals surface area contributed by atoms with Crippen molar-refractivity contribution in [3.8, 4) is 11.8 Å². The molecule has 3 heteroatoms. The van der Waals surface area contributed by atoms with Gasteiger partial charge in [-0.2, -0.15) is 0 Å². The van der Waals surface area contributed by atoms with Crippen molar-refractivity contribution in [2.45, 2.75) is 44.5 Å². The summed E-state index contributed by atoms with van der Waals surface area (Å²) in [6, 6.07) is 9.51. The highest BCUT2D eigenvalue weighted by Gasteiger charge is 2.15. The van der Waals surface area contributed by atoms with Crippen LogP contribution in [0.2, 0.25) is 0 Å². The first-order valence-electron chi connectivity index (χ1n) is 6.20. The van der Waals surface area contributed by atoms with Crippen LogP contribution >= 0.6 is 0 Å². The molecule has 1 aromatic carbocycles. The molecule has 1 rings (SSSR count). The lowest BCUT2D eigenvalue weighted by Crippen LogP contribution is -2.27. The van der Waals surface area contributed by atoms with Gasteiger partial charge in [0.15, 0.2) is 0 Å². The molecule has 3 N–H and O–H groups in total. The molecule has 0 aliphatic carbocycles. The fourth-order valence-electron chi connectivity index (χ4n) is 1.51. The Balaban J connectivity index is 2.41. The second-order valence-electron chi connectivity index (χ2n) is 4.27. The summed E-state index contributed by atoms with van der Waals surface area (Å²) in [6.07, 6.45) is -1.23. The number of aliphatic hydroxyl groups is 3. The molecule has 3 nitrogen and oxygen atoms in total. The third-order valence-electron chi connectivity index (χ3n) is 2.70. The predicted molar refractivity (Wildman–Crippen MR) is 70.9 cm³/mol. The molecule has 0 spiro atoms. The minimum atomic E-state index is -0.887. The van der Waals surface area contributed by atoms with Crippen LogP contribution in [-0.2, 0) is 6.42 Å². The van der Waals surface area contributed by atoms with Crippen LogP contribution in [0.5, 0.6) is 0 Å². The van der Waals surface area contributed by atoms with Gasteiger partial charge >= 0.3 is 0 Å². The van der Waals surface area contributed by atoms with Crippen molar-refractivity contribution in [3.05, 3.63) is 35.9 Å². The Morgan fingerprint density at radius 3 is 2.33 bits per heavy atom. The normalized spacial score (nSPS) is 15.3. The van der Waals surface area contributed by atoms with E-state index in [9.17, 15) is 15.3 Å². The van der Waals surface area contributed by atoms with Gasteiger partial charge in [-0.1, -0.05) is 49.1 Å². The lowest BCUT2D eigenvalue weighted by molar-refractivity contribution is 0.0234. The summed E-state index contributed by atoms with van der Waals surface area (Å²) >= 11 is 0. The van der Waals surface area contributed by atoms with Crippen molar-refractivity contribution in [2.75, 3.05) is 0 Å². The van der Waals surface area contributed by atoms with Crippen molar-refractivity contribution in [3.63, 3.8) is 0 Å². The maximum atomic E-state index is 9.81. The number of aliphatic hydroxyl groups excluding tert-OH is 3. The average molecular weight is 248 g/mol. The lowest BCUT2D eigenvalue weighted by atomic mass is 10.0. The van der Waals surface area contributed by atoms with E-state index in [1.54, 1.807) is 0 Å². The molecule has 0 unspecified atom stereocenters. The van der Waals surface area contributed by atoms with Gasteiger partial charge in [-0.3, -0.25) is 0 Å². The van der Waals surface area contributed by atoms with Gasteiger partial charge in [-0.15, -0.1) is 0 Å². The second kappa shape index (κ2) is 7.88. The summed E-state index contributed by atoms with van der Waals surface area (Å²) < 4.78 is 0. The molecule has 0 radical (unpaired) electrons. The molecule has 3 atom stereocenters. The first-order valence-corrected chi connectivity index (χ1v) is 6.20. The molecule has 18 heavy (non-hydrogen) atoms. The monoisotopic (exact) mass is 248 g/mol. The van der Waals surface area contributed by atoms with Crippen molar-refractivity contribution in [1.82, 2.24) is 0 Å². The Morgan fingerprint density at radius 2 is 1.72 bits per heavy atom. The molecular formula is C15H20O3. The Labute approximate surface area is 108 Å². The molecule has 0 fully saturated rings. The van der Waals surface area contributed by atoms with Gasteiger partial charge in [0, 0.05) is 12.8 Å². The molecule has 0 bridgehead atoms. The van der Waals surface area contributed by atoms with E-state index >= 15 is 0 Å². The van der Waals surface area contributed by atoms with E-state index in [0.29, 0.717) is 12.8 Å². The molecule has 98 valence electrons. The van der Waals surface area contributed by atoms with Crippen LogP contribution in [0.3, 0.4) is 0 Å². The van der Waals surface area contributed by atoms with Gasteiger partial charge in [-0.05, 0) is 12.0 Å². The lowest BCUT2D eigenvalue weighted by Gasteiger charge is -2.15. The highest BCUT2D eigenvalue weighted by atomic mass is 16.3. The Hall–Kier alpha value is -1.34. The highest BCUT2D eigenvalue weighted by molar-refractivity contribution is 5.16. The summed E-state index contributed by atoms with van der Waals surface area (Å²) in [5, 5.41) is 28.8. The van der Waals surface area contributed by atoms with Gasteiger partial charge in [0.05, 0.1) is 12.2 Å². The molecule has 0 saturated carbocycles. The highest BCUT2D eigenvalue weighted by Crippen LogP contribution is 2.07. The number of rotatable bonds is 5. The smallest absolute Gasteiger partial charge is 0.114 e. The summed E-state index contributed by atoms with van der Waals surface area (Å²) in [7, 11) is 0. The van der Waals surface area contributed by atoms with Gasteiger partial charge < -0.3 is 15.3 Å². The van der Waals surface area contributed by atoms with Crippen molar-refractivity contribution in [2.24, 2.45) is 0 Å². The van der Waals surface area contributed by atoms with Crippen LogP contribution in [-0.4, -0.2) is 33.6 Å². The van der Waals surface area contributed by atoms with E-state index in [1.165, 1.54) is 0 Å². The zero-order chi connectivity index (χ0) is 13.4. The maximum Gasteiger partial charge on any atom is 0.114 e. The van der Waals surface area contributed by atoms with E-state index in [4.69, 9.17) is 0 Å². The van der Waals surface area contributed by atoms with E-state index in [-0.39, 0.29) is 6.42 Å². The molecule has 0 heterocycles. The van der Waals surface area contributed by atoms with Crippen LogP contribution in [0.25, 0.3) is 0 Å². The summed E-state index contributed by atoms with van der Waals surface area (Å²) in [6.45, 7) is 1.83. The third kappa shape index (κ3) is 5.33. The fraction of sp³-hybridized carbons (Fsp3) is 0.467. The quantitative estimate of drug-likeness (QED) is 0.684. The Kier molecular flexibility index (Phi) is 6.45. The van der Waals surface area contributed by atoms with Crippen LogP contribution in [0.15, 0.2) is 30.3 Å².